The van der Waals surface area contributed by atoms with Crippen LogP contribution in [0.4, 0.5) is 10.1 Å². The summed E-state index contributed by atoms with van der Waals surface area (Å²) in [6.07, 6.45) is -0.838. The lowest BCUT2D eigenvalue weighted by atomic mass is 9.99. The zero-order chi connectivity index (χ0) is 18.8. The van der Waals surface area contributed by atoms with Crippen molar-refractivity contribution in [2.75, 3.05) is 11.4 Å². The van der Waals surface area contributed by atoms with Gasteiger partial charge in [0.2, 0.25) is 0 Å². The number of fused-ring (bicyclic) bond motifs is 1. The van der Waals surface area contributed by atoms with E-state index in [1.165, 1.54) is 17.9 Å². The van der Waals surface area contributed by atoms with E-state index in [-0.39, 0.29) is 18.0 Å². The third kappa shape index (κ3) is 3.46. The Morgan fingerprint density at radius 2 is 2.00 bits per heavy atom. The number of ether oxygens (including phenoxy) is 1. The number of benzodiazepines with no additional fused rings is 1. The summed E-state index contributed by atoms with van der Waals surface area (Å²) in [7, 11) is 0. The van der Waals surface area contributed by atoms with E-state index in [4.69, 9.17) is 16.3 Å². The van der Waals surface area contributed by atoms with Crippen molar-refractivity contribution in [3.63, 3.8) is 0 Å². The summed E-state index contributed by atoms with van der Waals surface area (Å²) >= 11 is 6.13. The van der Waals surface area contributed by atoms with Gasteiger partial charge in [-0.2, -0.15) is 0 Å². The standard InChI is InChI=1S/C19H16ClFN2O3/c1-11(26-12(2)24)23-17-8-7-13(20)9-15(17)19(22-10-18(23)25)14-5-3-4-6-16(14)21/h3-9,11H,10H2,1-2H3. The van der Waals surface area contributed by atoms with Gasteiger partial charge < -0.3 is 4.74 Å². The van der Waals surface area contributed by atoms with E-state index in [9.17, 15) is 14.0 Å². The van der Waals surface area contributed by atoms with Crippen molar-refractivity contribution in [1.82, 2.24) is 0 Å². The molecule has 0 N–H and O–H groups in total. The maximum absolute atomic E-state index is 14.3. The number of amides is 1. The molecule has 0 saturated heterocycles. The van der Waals surface area contributed by atoms with Gasteiger partial charge in [0.25, 0.3) is 5.91 Å². The maximum Gasteiger partial charge on any atom is 0.304 e. The maximum atomic E-state index is 14.3. The molecule has 0 radical (unpaired) electrons. The number of anilines is 1. The molecule has 1 aliphatic heterocycles. The van der Waals surface area contributed by atoms with E-state index < -0.39 is 18.0 Å². The number of nitrogens with zero attached hydrogens (tertiary/aromatic N) is 2. The van der Waals surface area contributed by atoms with Crippen LogP contribution >= 0.6 is 11.6 Å². The van der Waals surface area contributed by atoms with Crippen molar-refractivity contribution in [3.05, 3.63) is 64.4 Å². The zero-order valence-corrected chi connectivity index (χ0v) is 15.0. The van der Waals surface area contributed by atoms with Crippen molar-refractivity contribution in [3.8, 4) is 0 Å². The second-order valence-corrected chi connectivity index (χ2v) is 6.22. The number of carbonyl (C=O) groups excluding carboxylic acids is 2. The topological polar surface area (TPSA) is 59.0 Å². The fraction of sp³-hybridized carbons (Fsp3) is 0.211. The molecule has 0 bridgehead atoms. The van der Waals surface area contributed by atoms with Gasteiger partial charge in [0.1, 0.15) is 12.4 Å². The number of aliphatic imine (C=N–C) groups is 1. The van der Waals surface area contributed by atoms with Crippen LogP contribution in [0.15, 0.2) is 47.5 Å². The predicted octanol–water partition coefficient (Wildman–Crippen LogP) is 3.57. The third-order valence-corrected chi connectivity index (χ3v) is 4.18. The fourth-order valence-electron chi connectivity index (χ4n) is 2.93. The Bertz CT molecular complexity index is 913. The van der Waals surface area contributed by atoms with Crippen LogP contribution in [0.2, 0.25) is 5.02 Å². The normalized spacial score (nSPS) is 15.0. The van der Waals surface area contributed by atoms with Crippen molar-refractivity contribution in [2.45, 2.75) is 20.1 Å². The number of benzene rings is 2. The van der Waals surface area contributed by atoms with Gasteiger partial charge in [-0.15, -0.1) is 0 Å². The Kier molecular flexibility index (Phi) is 5.04. The zero-order valence-electron chi connectivity index (χ0n) is 14.2. The lowest BCUT2D eigenvalue weighted by molar-refractivity contribution is -0.146. The molecule has 2 aromatic rings. The number of carbonyl (C=O) groups is 2. The van der Waals surface area contributed by atoms with Crippen LogP contribution in [-0.2, 0) is 14.3 Å². The molecule has 2 aromatic carbocycles. The lowest BCUT2D eigenvalue weighted by Gasteiger charge is -2.28. The number of esters is 1. The summed E-state index contributed by atoms with van der Waals surface area (Å²) < 4.78 is 19.5. The van der Waals surface area contributed by atoms with Crippen LogP contribution in [-0.4, -0.2) is 30.4 Å². The summed E-state index contributed by atoms with van der Waals surface area (Å²) in [5, 5.41) is 0.419. The molecule has 0 aliphatic carbocycles. The number of hydrogen-bond acceptors (Lipinski definition) is 4. The average Bonchev–Trinajstić information content (AvgIpc) is 2.71. The summed E-state index contributed by atoms with van der Waals surface area (Å²) in [5.74, 6) is -1.33. The summed E-state index contributed by atoms with van der Waals surface area (Å²) in [4.78, 5) is 29.6. The highest BCUT2D eigenvalue weighted by Crippen LogP contribution is 2.31. The molecule has 0 spiro atoms. The SMILES string of the molecule is CC(=O)OC(C)N1C(=O)CN=C(c2ccccc2F)c2cc(Cl)ccc21. The Hall–Kier alpha value is -2.73. The predicted molar refractivity (Wildman–Crippen MR) is 97.1 cm³/mol. The van der Waals surface area contributed by atoms with E-state index in [1.807, 2.05) is 0 Å². The van der Waals surface area contributed by atoms with Gasteiger partial charge in [0, 0.05) is 23.1 Å². The minimum atomic E-state index is -0.838. The lowest BCUT2D eigenvalue weighted by Crippen LogP contribution is -2.42. The van der Waals surface area contributed by atoms with E-state index in [0.29, 0.717) is 22.0 Å². The molecule has 0 aromatic heterocycles. The van der Waals surface area contributed by atoms with Crippen LogP contribution in [0.5, 0.6) is 0 Å². The molecule has 1 aliphatic rings. The van der Waals surface area contributed by atoms with Gasteiger partial charge in [-0.05, 0) is 37.3 Å². The number of halogens is 2. The van der Waals surface area contributed by atoms with Crippen molar-refractivity contribution in [2.24, 2.45) is 4.99 Å². The highest BCUT2D eigenvalue weighted by atomic mass is 35.5. The first-order valence-corrected chi connectivity index (χ1v) is 8.35. The molecular formula is C19H16ClFN2O3. The van der Waals surface area contributed by atoms with E-state index in [2.05, 4.69) is 4.99 Å². The molecule has 0 fully saturated rings. The van der Waals surface area contributed by atoms with Crippen LogP contribution < -0.4 is 4.90 Å². The molecule has 7 heteroatoms. The van der Waals surface area contributed by atoms with Gasteiger partial charge in [0.05, 0.1) is 11.4 Å². The smallest absolute Gasteiger partial charge is 0.304 e. The van der Waals surface area contributed by atoms with Gasteiger partial charge in [-0.3, -0.25) is 19.5 Å². The molecule has 0 saturated carbocycles. The second kappa shape index (κ2) is 7.25. The van der Waals surface area contributed by atoms with Gasteiger partial charge in [0.15, 0.2) is 6.23 Å². The molecule has 1 atom stereocenters. The molecule has 1 heterocycles. The molecular weight excluding hydrogens is 359 g/mol. The first-order valence-electron chi connectivity index (χ1n) is 7.97. The van der Waals surface area contributed by atoms with E-state index in [1.54, 1.807) is 43.3 Å². The first kappa shape index (κ1) is 18.1. The average molecular weight is 375 g/mol. The van der Waals surface area contributed by atoms with E-state index in [0.717, 1.165) is 0 Å². The van der Waals surface area contributed by atoms with Gasteiger partial charge in [-0.1, -0.05) is 23.7 Å². The van der Waals surface area contributed by atoms with Gasteiger partial charge >= 0.3 is 5.97 Å². The highest BCUT2D eigenvalue weighted by molar-refractivity contribution is 6.32. The fourth-order valence-corrected chi connectivity index (χ4v) is 3.10. The highest BCUT2D eigenvalue weighted by Gasteiger charge is 2.30. The molecule has 134 valence electrons. The molecule has 26 heavy (non-hydrogen) atoms. The Balaban J connectivity index is 2.18. The first-order chi connectivity index (χ1) is 12.4. The minimum Gasteiger partial charge on any atom is -0.442 e. The summed E-state index contributed by atoms with van der Waals surface area (Å²) in [6.45, 7) is 2.65. The summed E-state index contributed by atoms with van der Waals surface area (Å²) in [5.41, 5.74) is 1.54. The largest absolute Gasteiger partial charge is 0.442 e. The van der Waals surface area contributed by atoms with Crippen LogP contribution in [0.1, 0.15) is 25.0 Å². The van der Waals surface area contributed by atoms with Crippen molar-refractivity contribution >= 4 is 34.9 Å². The quantitative estimate of drug-likeness (QED) is 0.772. The number of hydrogen-bond donors (Lipinski definition) is 0. The second-order valence-electron chi connectivity index (χ2n) is 5.78. The molecule has 5 nitrogen and oxygen atoms in total. The molecule has 1 unspecified atom stereocenters. The van der Waals surface area contributed by atoms with Crippen molar-refractivity contribution in [1.29, 1.82) is 0 Å². The Labute approximate surface area is 155 Å². The third-order valence-electron chi connectivity index (χ3n) is 3.94. The van der Waals surface area contributed by atoms with Crippen molar-refractivity contribution < 1.29 is 18.7 Å². The van der Waals surface area contributed by atoms with Gasteiger partial charge in [-0.25, -0.2) is 4.39 Å². The Morgan fingerprint density at radius 1 is 1.27 bits per heavy atom. The van der Waals surface area contributed by atoms with Crippen LogP contribution in [0.25, 0.3) is 0 Å². The van der Waals surface area contributed by atoms with E-state index >= 15 is 0 Å². The van der Waals surface area contributed by atoms with Crippen LogP contribution in [0, 0.1) is 5.82 Å². The minimum absolute atomic E-state index is 0.207. The summed E-state index contributed by atoms with van der Waals surface area (Å²) in [6, 6.07) is 11.1. The number of rotatable bonds is 3. The molecule has 3 rings (SSSR count). The monoisotopic (exact) mass is 374 g/mol. The van der Waals surface area contributed by atoms with Crippen LogP contribution in [0.3, 0.4) is 0 Å². The Morgan fingerprint density at radius 3 is 2.69 bits per heavy atom. The molecule has 1 amide bonds.